The van der Waals surface area contributed by atoms with Crippen LogP contribution in [0.4, 0.5) is 4.39 Å². The lowest BCUT2D eigenvalue weighted by Gasteiger charge is -2.59. The zero-order valence-corrected chi connectivity index (χ0v) is 20.2. The maximum absolute atomic E-state index is 16.5. The van der Waals surface area contributed by atoms with E-state index in [1.54, 1.807) is 10.9 Å². The summed E-state index contributed by atoms with van der Waals surface area (Å²) in [4.78, 5) is 12.1. The number of aromatic nitrogens is 2. The molecule has 4 aliphatic rings. The van der Waals surface area contributed by atoms with Crippen molar-refractivity contribution in [1.82, 2.24) is 9.78 Å². The van der Waals surface area contributed by atoms with Gasteiger partial charge in [0.2, 0.25) is 0 Å². The van der Waals surface area contributed by atoms with Crippen LogP contribution >= 0.6 is 11.6 Å². The first-order valence-electron chi connectivity index (χ1n) is 12.4. The molecule has 1 aromatic rings. The quantitative estimate of drug-likeness (QED) is 0.606. The van der Waals surface area contributed by atoms with Crippen LogP contribution in [0.3, 0.4) is 0 Å². The van der Waals surface area contributed by atoms with Gasteiger partial charge < -0.3 is 5.11 Å². The van der Waals surface area contributed by atoms with E-state index in [2.05, 4.69) is 18.0 Å². The van der Waals surface area contributed by atoms with Crippen LogP contribution in [0, 0.1) is 46.3 Å². The van der Waals surface area contributed by atoms with E-state index in [4.69, 9.17) is 16.9 Å². The Morgan fingerprint density at radius 2 is 2.03 bits per heavy atom. The average molecular weight is 474 g/mol. The summed E-state index contributed by atoms with van der Waals surface area (Å²) >= 11 is 6.02. The summed E-state index contributed by atoms with van der Waals surface area (Å²) in [6.07, 6.45) is 8.72. The van der Waals surface area contributed by atoms with Gasteiger partial charge >= 0.3 is 0 Å². The summed E-state index contributed by atoms with van der Waals surface area (Å²) in [6, 6.07) is 2.02. The Morgan fingerprint density at radius 3 is 2.73 bits per heavy atom. The highest BCUT2D eigenvalue weighted by molar-refractivity contribution is 6.30. The molecule has 7 heteroatoms. The summed E-state index contributed by atoms with van der Waals surface area (Å²) < 4.78 is 18.1. The van der Waals surface area contributed by atoms with Crippen LogP contribution in [-0.2, 0) is 11.3 Å². The van der Waals surface area contributed by atoms with Crippen molar-refractivity contribution in [3.63, 3.8) is 0 Å². The van der Waals surface area contributed by atoms with Gasteiger partial charge in [-0.25, -0.2) is 9.18 Å². The predicted octanol–water partition coefficient (Wildman–Crippen LogP) is 5.28. The van der Waals surface area contributed by atoms with Crippen molar-refractivity contribution in [2.24, 2.45) is 35.0 Å². The molecule has 1 aromatic heterocycles. The van der Waals surface area contributed by atoms with Crippen molar-refractivity contribution in [2.45, 2.75) is 89.4 Å². The zero-order valence-electron chi connectivity index (χ0n) is 19.5. The van der Waals surface area contributed by atoms with E-state index < -0.39 is 11.3 Å². The molecule has 0 amide bonds. The van der Waals surface area contributed by atoms with Crippen molar-refractivity contribution in [3.05, 3.63) is 22.5 Å². The van der Waals surface area contributed by atoms with E-state index in [1.165, 1.54) is 0 Å². The lowest BCUT2D eigenvalue weighted by atomic mass is 9.47. The van der Waals surface area contributed by atoms with Gasteiger partial charge in [0.1, 0.15) is 23.2 Å². The zero-order chi connectivity index (χ0) is 23.6. The predicted molar refractivity (Wildman–Crippen MR) is 123 cm³/mol. The SMILES string of the molecule is C[C@@]1(O)CC[C@]2(F)C3CC[C@]4(C)[C@@H](C(=C=O)Cn5cc(C#N)c(Cl)n5)CC[C@H]4[C@@H]3CC[C@@H]2C1. The van der Waals surface area contributed by atoms with Gasteiger partial charge in [0.15, 0.2) is 5.15 Å². The fourth-order valence-corrected chi connectivity index (χ4v) is 8.68. The number of fused-ring (bicyclic) bond motifs is 5. The van der Waals surface area contributed by atoms with Crippen LogP contribution in [0.5, 0.6) is 0 Å². The summed E-state index contributed by atoms with van der Waals surface area (Å²) in [5, 5.41) is 24.0. The highest BCUT2D eigenvalue weighted by atomic mass is 35.5. The maximum Gasteiger partial charge on any atom is 0.168 e. The summed E-state index contributed by atoms with van der Waals surface area (Å²) in [5.41, 5.74) is -0.965. The Hall–Kier alpha value is -1.67. The van der Waals surface area contributed by atoms with Gasteiger partial charge in [-0.3, -0.25) is 4.68 Å². The summed E-state index contributed by atoms with van der Waals surface area (Å²) in [7, 11) is 0. The Kier molecular flexibility index (Phi) is 5.55. The van der Waals surface area contributed by atoms with Crippen molar-refractivity contribution in [3.8, 4) is 6.07 Å². The van der Waals surface area contributed by atoms with Gasteiger partial charge in [0.25, 0.3) is 0 Å². The van der Waals surface area contributed by atoms with Crippen LogP contribution in [-0.4, -0.2) is 32.1 Å². The number of alkyl halides is 1. The van der Waals surface area contributed by atoms with E-state index >= 15 is 4.39 Å². The molecular weight excluding hydrogens is 441 g/mol. The third kappa shape index (κ3) is 3.59. The van der Waals surface area contributed by atoms with E-state index in [0.717, 1.165) is 38.5 Å². The number of hydrogen-bond acceptors (Lipinski definition) is 4. The lowest BCUT2D eigenvalue weighted by molar-refractivity contribution is -0.163. The molecule has 1 heterocycles. The molecule has 0 bridgehead atoms. The van der Waals surface area contributed by atoms with Crippen molar-refractivity contribution in [2.75, 3.05) is 0 Å². The van der Waals surface area contributed by atoms with Crippen molar-refractivity contribution in [1.29, 1.82) is 5.26 Å². The second kappa shape index (κ2) is 7.94. The average Bonchev–Trinajstić information content (AvgIpc) is 3.31. The number of hydrogen-bond donors (Lipinski definition) is 1. The lowest BCUT2D eigenvalue weighted by Crippen LogP contribution is -2.58. The molecule has 0 spiro atoms. The van der Waals surface area contributed by atoms with Crippen LogP contribution in [0.25, 0.3) is 0 Å². The summed E-state index contributed by atoms with van der Waals surface area (Å²) in [5.74, 6) is 3.08. The minimum Gasteiger partial charge on any atom is -0.390 e. The highest BCUT2D eigenvalue weighted by Gasteiger charge is 2.63. The monoisotopic (exact) mass is 473 g/mol. The normalized spacial score (nSPS) is 44.2. The van der Waals surface area contributed by atoms with E-state index in [9.17, 15) is 9.90 Å². The van der Waals surface area contributed by atoms with E-state index in [1.807, 2.05) is 13.0 Å². The van der Waals surface area contributed by atoms with Gasteiger partial charge in [-0.1, -0.05) is 18.5 Å². The topological polar surface area (TPSA) is 78.9 Å². The number of halogens is 2. The molecule has 33 heavy (non-hydrogen) atoms. The third-order valence-electron chi connectivity index (χ3n) is 10.0. The fraction of sp³-hybridized carbons (Fsp3) is 0.769. The standard InChI is InChI=1S/C26H33ClFN3O2/c1-24(33)9-10-26(28)18(11-24)3-4-19-21-6-5-20(25(21,2)8-7-22(19)26)17(15-32)14-31-13-16(12-29)23(27)30-31/h13,18-22,33H,3-11,14H2,1-2H3/t18-,19+,20-,21+,22?,24-,25-,26-/m1/s1. The molecule has 0 radical (unpaired) electrons. The second-order valence-electron chi connectivity index (χ2n) is 11.7. The van der Waals surface area contributed by atoms with Gasteiger partial charge in [-0.05, 0) is 99.7 Å². The van der Waals surface area contributed by atoms with Crippen LogP contribution in [0.15, 0.2) is 11.8 Å². The molecule has 4 saturated carbocycles. The maximum atomic E-state index is 16.5. The second-order valence-corrected chi connectivity index (χ2v) is 12.1. The Labute approximate surface area is 200 Å². The molecule has 1 N–H and O–H groups in total. The van der Waals surface area contributed by atoms with Crippen molar-refractivity contribution < 1.29 is 14.3 Å². The first-order valence-corrected chi connectivity index (χ1v) is 12.8. The fourth-order valence-electron chi connectivity index (χ4n) is 8.49. The molecule has 8 atom stereocenters. The molecule has 1 unspecified atom stereocenters. The molecule has 0 aromatic carbocycles. The van der Waals surface area contributed by atoms with Gasteiger partial charge in [-0.15, -0.1) is 0 Å². The number of allylic oxidation sites excluding steroid dienone is 1. The Bertz CT molecular complexity index is 1040. The molecular formula is C26H33ClFN3O2. The van der Waals surface area contributed by atoms with Gasteiger partial charge in [-0.2, -0.15) is 10.4 Å². The number of rotatable bonds is 3. The van der Waals surface area contributed by atoms with Gasteiger partial charge in [0, 0.05) is 11.8 Å². The number of carbonyl (C=O) groups excluding carboxylic acids is 1. The van der Waals surface area contributed by atoms with E-state index in [-0.39, 0.29) is 34.9 Å². The number of nitrogens with zero attached hydrogens (tertiary/aromatic N) is 3. The smallest absolute Gasteiger partial charge is 0.168 e. The van der Waals surface area contributed by atoms with Gasteiger partial charge in [0.05, 0.1) is 12.1 Å². The minimum absolute atomic E-state index is 0.0339. The van der Waals surface area contributed by atoms with Crippen LogP contribution < -0.4 is 0 Å². The third-order valence-corrected chi connectivity index (χ3v) is 10.3. The van der Waals surface area contributed by atoms with Crippen LogP contribution in [0.1, 0.15) is 77.2 Å². The van der Waals surface area contributed by atoms with E-state index in [0.29, 0.717) is 42.2 Å². The molecule has 4 fully saturated rings. The molecule has 4 aliphatic carbocycles. The number of nitriles is 1. The molecule has 5 rings (SSSR count). The van der Waals surface area contributed by atoms with Crippen molar-refractivity contribution >= 4 is 17.5 Å². The first-order chi connectivity index (χ1) is 15.6. The Morgan fingerprint density at radius 1 is 1.24 bits per heavy atom. The minimum atomic E-state index is -1.16. The Balaban J connectivity index is 1.37. The largest absolute Gasteiger partial charge is 0.390 e. The molecule has 5 nitrogen and oxygen atoms in total. The molecule has 0 aliphatic heterocycles. The first kappa shape index (κ1) is 23.1. The van der Waals surface area contributed by atoms with Crippen LogP contribution in [0.2, 0.25) is 5.15 Å². The summed E-state index contributed by atoms with van der Waals surface area (Å²) in [6.45, 7) is 4.44. The highest BCUT2D eigenvalue weighted by Crippen LogP contribution is 2.67. The molecule has 0 saturated heterocycles. The molecule has 178 valence electrons. The number of aliphatic hydroxyl groups is 1.